The Morgan fingerprint density at radius 1 is 0.632 bits per heavy atom. The van der Waals surface area contributed by atoms with E-state index in [4.69, 9.17) is 0 Å². The molecule has 3 aromatic rings. The van der Waals surface area contributed by atoms with E-state index in [-0.39, 0.29) is 15.1 Å². The molecule has 0 bridgehead atoms. The standard InChI is InChI=1S/C16H18P2S/c1-11-5-17(6-12(11)2)15-9-19-10-16(15)18-7-13(3)14(4)8-18/h5-10H,1-4H3. The molecule has 0 amide bonds. The Balaban J connectivity index is 2.12. The summed E-state index contributed by atoms with van der Waals surface area (Å²) in [5.41, 5.74) is 5.84. The summed E-state index contributed by atoms with van der Waals surface area (Å²) in [4.78, 5) is 0. The number of thiophene rings is 1. The van der Waals surface area contributed by atoms with Gasteiger partial charge in [0.15, 0.2) is 0 Å². The fourth-order valence-corrected chi connectivity index (χ4v) is 8.90. The first-order chi connectivity index (χ1) is 9.06. The predicted octanol–water partition coefficient (Wildman–Crippen LogP) is 6.93. The Morgan fingerprint density at radius 3 is 1.26 bits per heavy atom. The molecule has 3 aromatic heterocycles. The van der Waals surface area contributed by atoms with Crippen LogP contribution >= 0.6 is 26.4 Å². The first-order valence-electron chi connectivity index (χ1n) is 6.43. The molecular weight excluding hydrogens is 286 g/mol. The highest BCUT2D eigenvalue weighted by molar-refractivity contribution is 7.63. The maximum atomic E-state index is 2.47. The fraction of sp³-hybridized carbons (Fsp3) is 0.250. The minimum absolute atomic E-state index is 0.203. The van der Waals surface area contributed by atoms with Crippen molar-refractivity contribution in [3.05, 3.63) is 56.2 Å². The molecule has 3 heterocycles. The van der Waals surface area contributed by atoms with Gasteiger partial charge in [-0.05, 0) is 73.1 Å². The maximum absolute atomic E-state index is 2.47. The van der Waals surface area contributed by atoms with Gasteiger partial charge >= 0.3 is 0 Å². The average Bonchev–Trinajstić information content (AvgIpc) is 3.02. The van der Waals surface area contributed by atoms with Crippen LogP contribution in [-0.2, 0) is 0 Å². The molecule has 0 nitrogen and oxygen atoms in total. The van der Waals surface area contributed by atoms with Crippen molar-refractivity contribution < 1.29 is 0 Å². The molecule has 0 radical (unpaired) electrons. The topological polar surface area (TPSA) is 0 Å². The Bertz CT molecular complexity index is 628. The maximum Gasteiger partial charge on any atom is 0.0201 e. The molecule has 0 unspecified atom stereocenters. The first kappa shape index (κ1) is 13.3. The van der Waals surface area contributed by atoms with Crippen LogP contribution in [0.1, 0.15) is 22.3 Å². The monoisotopic (exact) mass is 304 g/mol. The molecule has 0 saturated heterocycles. The van der Waals surface area contributed by atoms with E-state index in [0.29, 0.717) is 0 Å². The molecule has 0 aliphatic heterocycles. The summed E-state index contributed by atoms with van der Waals surface area (Å²) in [6.07, 6.45) is 0. The van der Waals surface area contributed by atoms with E-state index in [1.807, 2.05) is 11.3 Å². The average molecular weight is 304 g/mol. The summed E-state index contributed by atoms with van der Waals surface area (Å²) < 4.78 is 0. The van der Waals surface area contributed by atoms with Crippen molar-refractivity contribution in [3.8, 4) is 10.6 Å². The van der Waals surface area contributed by atoms with E-state index in [1.54, 1.807) is 10.6 Å². The van der Waals surface area contributed by atoms with Crippen LogP contribution in [0.5, 0.6) is 0 Å². The molecule has 98 valence electrons. The highest BCUT2D eigenvalue weighted by Crippen LogP contribution is 2.55. The molecule has 0 aliphatic rings. The van der Waals surface area contributed by atoms with Gasteiger partial charge in [-0.25, -0.2) is 0 Å². The van der Waals surface area contributed by atoms with Crippen molar-refractivity contribution >= 4 is 26.4 Å². The lowest BCUT2D eigenvalue weighted by Gasteiger charge is -2.01. The second-order valence-corrected chi connectivity index (χ2v) is 9.57. The molecule has 0 aliphatic carbocycles. The minimum Gasteiger partial charge on any atom is -0.150 e. The van der Waals surface area contributed by atoms with Crippen LogP contribution in [0.2, 0.25) is 0 Å². The highest BCUT2D eigenvalue weighted by atomic mass is 32.1. The van der Waals surface area contributed by atoms with Gasteiger partial charge in [0.1, 0.15) is 0 Å². The van der Waals surface area contributed by atoms with E-state index in [9.17, 15) is 0 Å². The minimum atomic E-state index is -0.203. The molecule has 0 spiro atoms. The third-order valence-corrected chi connectivity index (χ3v) is 9.54. The second-order valence-electron chi connectivity index (χ2n) is 5.21. The van der Waals surface area contributed by atoms with Crippen molar-refractivity contribution in [1.29, 1.82) is 0 Å². The molecule has 3 rings (SSSR count). The van der Waals surface area contributed by atoms with Gasteiger partial charge in [0.2, 0.25) is 0 Å². The zero-order valence-electron chi connectivity index (χ0n) is 11.8. The molecule has 19 heavy (non-hydrogen) atoms. The summed E-state index contributed by atoms with van der Waals surface area (Å²) in [7, 11) is -0.407. The lowest BCUT2D eigenvalue weighted by atomic mass is 10.2. The Morgan fingerprint density at radius 2 is 0.947 bits per heavy atom. The Hall–Kier alpha value is -0.740. The molecule has 0 saturated carbocycles. The van der Waals surface area contributed by atoms with E-state index in [2.05, 4.69) is 61.6 Å². The van der Waals surface area contributed by atoms with Gasteiger partial charge in [0.05, 0.1) is 0 Å². The molecule has 0 aromatic carbocycles. The van der Waals surface area contributed by atoms with Gasteiger partial charge in [0, 0.05) is 21.4 Å². The van der Waals surface area contributed by atoms with E-state index in [1.165, 1.54) is 22.3 Å². The third-order valence-electron chi connectivity index (χ3n) is 3.75. The SMILES string of the molecule is Cc1cp(-c2cscc2-p2cc(C)c(C)c2)cc1C. The zero-order chi connectivity index (χ0) is 13.6. The summed E-state index contributed by atoms with van der Waals surface area (Å²) in [5.74, 6) is 9.87. The van der Waals surface area contributed by atoms with Gasteiger partial charge in [-0.15, -0.1) is 0 Å². The number of hydrogen-bond donors (Lipinski definition) is 0. The third kappa shape index (κ3) is 2.36. The summed E-state index contributed by atoms with van der Waals surface area (Å²) in [6, 6.07) is 0. The zero-order valence-corrected chi connectivity index (χ0v) is 14.4. The molecule has 3 heteroatoms. The van der Waals surface area contributed by atoms with Crippen LogP contribution in [0.4, 0.5) is 0 Å². The predicted molar refractivity (Wildman–Crippen MR) is 91.4 cm³/mol. The molecular formula is C16H18P2S. The lowest BCUT2D eigenvalue weighted by Crippen LogP contribution is -1.63. The van der Waals surface area contributed by atoms with Crippen molar-refractivity contribution in [2.24, 2.45) is 0 Å². The number of aryl methyl sites for hydroxylation is 4. The van der Waals surface area contributed by atoms with Crippen molar-refractivity contribution in [2.45, 2.75) is 27.7 Å². The van der Waals surface area contributed by atoms with Crippen LogP contribution in [-0.4, -0.2) is 0 Å². The van der Waals surface area contributed by atoms with Crippen molar-refractivity contribution in [1.82, 2.24) is 0 Å². The summed E-state index contributed by atoms with van der Waals surface area (Å²) >= 11 is 1.86. The molecule has 0 atom stereocenters. The number of rotatable bonds is 2. The Kier molecular flexibility index (Phi) is 3.48. The summed E-state index contributed by atoms with van der Waals surface area (Å²) in [6.45, 7) is 8.93. The van der Waals surface area contributed by atoms with Crippen LogP contribution in [0, 0.1) is 27.7 Å². The van der Waals surface area contributed by atoms with Gasteiger partial charge in [0.25, 0.3) is 0 Å². The van der Waals surface area contributed by atoms with Gasteiger partial charge in [-0.2, -0.15) is 11.3 Å². The highest BCUT2D eigenvalue weighted by Gasteiger charge is 2.11. The van der Waals surface area contributed by atoms with Crippen molar-refractivity contribution in [3.63, 3.8) is 0 Å². The van der Waals surface area contributed by atoms with Gasteiger partial charge in [-0.1, -0.05) is 15.1 Å². The first-order valence-corrected chi connectivity index (χ1v) is 10.3. The fourth-order valence-electron chi connectivity index (χ4n) is 2.26. The largest absolute Gasteiger partial charge is 0.150 e. The lowest BCUT2D eigenvalue weighted by molar-refractivity contribution is 1.41. The quantitative estimate of drug-likeness (QED) is 0.481. The van der Waals surface area contributed by atoms with Crippen LogP contribution in [0.3, 0.4) is 0 Å². The van der Waals surface area contributed by atoms with E-state index < -0.39 is 0 Å². The molecule has 0 N–H and O–H groups in total. The second kappa shape index (κ2) is 4.98. The van der Waals surface area contributed by atoms with Gasteiger partial charge in [-0.3, -0.25) is 0 Å². The van der Waals surface area contributed by atoms with Crippen LogP contribution in [0.15, 0.2) is 34.0 Å². The van der Waals surface area contributed by atoms with Crippen LogP contribution in [0.25, 0.3) is 10.6 Å². The smallest absolute Gasteiger partial charge is 0.0201 e. The Labute approximate surface area is 121 Å². The van der Waals surface area contributed by atoms with E-state index in [0.717, 1.165) is 0 Å². The van der Waals surface area contributed by atoms with Gasteiger partial charge < -0.3 is 0 Å². The van der Waals surface area contributed by atoms with Crippen molar-refractivity contribution in [2.75, 3.05) is 0 Å². The van der Waals surface area contributed by atoms with E-state index >= 15 is 0 Å². The number of hydrogen-bond acceptors (Lipinski definition) is 1. The normalized spacial score (nSPS) is 11.2. The van der Waals surface area contributed by atoms with Crippen LogP contribution < -0.4 is 0 Å². The summed E-state index contributed by atoms with van der Waals surface area (Å²) in [5, 5.41) is 7.90. The molecule has 0 fully saturated rings.